The van der Waals surface area contributed by atoms with Crippen molar-refractivity contribution in [2.75, 3.05) is 10.6 Å². The van der Waals surface area contributed by atoms with Crippen molar-refractivity contribution in [2.24, 2.45) is 5.73 Å². The van der Waals surface area contributed by atoms with Gasteiger partial charge in [0.05, 0.1) is 4.47 Å². The first kappa shape index (κ1) is 15.9. The summed E-state index contributed by atoms with van der Waals surface area (Å²) in [5, 5.41) is 12.7. The van der Waals surface area contributed by atoms with Crippen LogP contribution in [0.4, 0.5) is 23.3 Å². The summed E-state index contributed by atoms with van der Waals surface area (Å²) in [6, 6.07) is 7.81. The number of hydrogen-bond donors (Lipinski definition) is 4. The van der Waals surface area contributed by atoms with Crippen LogP contribution in [0.2, 0.25) is 0 Å². The minimum atomic E-state index is -0.588. The molecule has 0 saturated carbocycles. The van der Waals surface area contributed by atoms with Crippen molar-refractivity contribution in [1.82, 2.24) is 20.2 Å². The van der Waals surface area contributed by atoms with E-state index in [9.17, 15) is 4.79 Å². The number of carbonyl (C=O) groups excluding carboxylic acids is 1. The molecule has 1 amide bonds. The maximum absolute atomic E-state index is 11.4. The van der Waals surface area contributed by atoms with Gasteiger partial charge in [-0.15, -0.1) is 0 Å². The number of benzene rings is 1. The largest absolute Gasteiger partial charge is 0.365 e. The lowest BCUT2D eigenvalue weighted by Crippen LogP contribution is -2.12. The summed E-state index contributed by atoms with van der Waals surface area (Å²) >= 11 is 3.37. The van der Waals surface area contributed by atoms with Crippen LogP contribution in [0.1, 0.15) is 15.9 Å². The maximum Gasteiger partial charge on any atom is 0.254 e. The molecule has 2 aromatic heterocycles. The number of aromatic amines is 1. The summed E-state index contributed by atoms with van der Waals surface area (Å²) in [6.07, 6.45) is 3.03. The predicted molar refractivity (Wildman–Crippen MR) is 94.6 cm³/mol. The topological polar surface area (TPSA) is 122 Å². The van der Waals surface area contributed by atoms with E-state index in [1.165, 1.54) is 6.20 Å². The molecule has 8 nitrogen and oxygen atoms in total. The van der Waals surface area contributed by atoms with Crippen molar-refractivity contribution in [3.8, 4) is 0 Å². The Balaban J connectivity index is 1.88. The van der Waals surface area contributed by atoms with Crippen LogP contribution in [0.25, 0.3) is 0 Å². The van der Waals surface area contributed by atoms with Crippen LogP contribution in [0.5, 0.6) is 0 Å². The molecule has 2 heterocycles. The molecule has 0 aliphatic carbocycles. The Hall–Kier alpha value is -2.94. The van der Waals surface area contributed by atoms with Crippen molar-refractivity contribution < 1.29 is 4.79 Å². The van der Waals surface area contributed by atoms with E-state index in [1.54, 1.807) is 6.20 Å². The number of primary amides is 1. The smallest absolute Gasteiger partial charge is 0.254 e. The minimum absolute atomic E-state index is 0.244. The molecule has 24 heavy (non-hydrogen) atoms. The zero-order chi connectivity index (χ0) is 17.1. The molecule has 5 N–H and O–H groups in total. The van der Waals surface area contributed by atoms with Crippen LogP contribution in [-0.2, 0) is 0 Å². The average Bonchev–Trinajstić information content (AvgIpc) is 3.01. The average molecular weight is 388 g/mol. The number of nitrogens with one attached hydrogen (secondary N) is 3. The third-order valence-electron chi connectivity index (χ3n) is 3.28. The second-order valence-corrected chi connectivity index (χ2v) is 5.82. The van der Waals surface area contributed by atoms with Crippen molar-refractivity contribution in [3.05, 3.63) is 52.3 Å². The second-order valence-electron chi connectivity index (χ2n) is 4.97. The number of hydrogen-bond acceptors (Lipinski definition) is 6. The number of amides is 1. The van der Waals surface area contributed by atoms with E-state index in [0.29, 0.717) is 22.1 Å². The fourth-order valence-electron chi connectivity index (χ4n) is 2.03. The van der Waals surface area contributed by atoms with Gasteiger partial charge in [0, 0.05) is 18.1 Å². The first-order valence-corrected chi connectivity index (χ1v) is 7.79. The van der Waals surface area contributed by atoms with Gasteiger partial charge in [0.15, 0.2) is 11.6 Å². The summed E-state index contributed by atoms with van der Waals surface area (Å²) in [5.74, 6) is 0.570. The van der Waals surface area contributed by atoms with E-state index in [-0.39, 0.29) is 5.56 Å². The van der Waals surface area contributed by atoms with Crippen molar-refractivity contribution >= 4 is 45.1 Å². The lowest BCUT2D eigenvalue weighted by molar-refractivity contribution is 0.100. The molecule has 0 bridgehead atoms. The number of carbonyl (C=O) groups is 1. The van der Waals surface area contributed by atoms with Gasteiger partial charge in [-0.05, 0) is 34.5 Å². The van der Waals surface area contributed by atoms with E-state index < -0.39 is 5.91 Å². The quantitative estimate of drug-likeness (QED) is 0.533. The van der Waals surface area contributed by atoms with Gasteiger partial charge >= 0.3 is 0 Å². The molecular weight excluding hydrogens is 374 g/mol. The third-order valence-corrected chi connectivity index (χ3v) is 3.86. The van der Waals surface area contributed by atoms with Gasteiger partial charge in [-0.1, -0.05) is 18.2 Å². The van der Waals surface area contributed by atoms with E-state index >= 15 is 0 Å². The van der Waals surface area contributed by atoms with Crippen LogP contribution in [0.3, 0.4) is 0 Å². The first-order chi connectivity index (χ1) is 11.5. The Morgan fingerprint density at radius 2 is 2.04 bits per heavy atom. The van der Waals surface area contributed by atoms with E-state index in [2.05, 4.69) is 46.7 Å². The number of nitrogens with zero attached hydrogens (tertiary/aromatic N) is 3. The molecule has 3 rings (SSSR count). The molecule has 0 spiro atoms. The van der Waals surface area contributed by atoms with Gasteiger partial charge in [0.1, 0.15) is 5.56 Å². The SMILES string of the molecule is Cc1ccccc1Nc1ncc(Br)c(Nc2n[nH]cc2C(N)=O)n1. The molecule has 3 aromatic rings. The number of halogens is 1. The number of aryl methyl sites for hydroxylation is 1. The highest BCUT2D eigenvalue weighted by atomic mass is 79.9. The third kappa shape index (κ3) is 3.35. The highest BCUT2D eigenvalue weighted by molar-refractivity contribution is 9.10. The van der Waals surface area contributed by atoms with Crippen LogP contribution in [0, 0.1) is 6.92 Å². The molecule has 0 radical (unpaired) electrons. The Labute approximate surface area is 146 Å². The Bertz CT molecular complexity index is 893. The summed E-state index contributed by atoms with van der Waals surface area (Å²) in [7, 11) is 0. The molecule has 122 valence electrons. The first-order valence-electron chi connectivity index (χ1n) is 7.00. The Kier molecular flexibility index (Phi) is 4.43. The fraction of sp³-hybridized carbons (Fsp3) is 0.0667. The summed E-state index contributed by atoms with van der Waals surface area (Å²) in [4.78, 5) is 20.0. The molecule has 0 saturated heterocycles. The van der Waals surface area contributed by atoms with Crippen LogP contribution in [-0.4, -0.2) is 26.1 Å². The van der Waals surface area contributed by atoms with E-state index in [1.807, 2.05) is 31.2 Å². The molecule has 9 heteroatoms. The molecule has 0 aliphatic heterocycles. The Morgan fingerprint density at radius 1 is 1.25 bits per heavy atom. The van der Waals surface area contributed by atoms with Gasteiger partial charge < -0.3 is 16.4 Å². The number of para-hydroxylation sites is 1. The van der Waals surface area contributed by atoms with Crippen molar-refractivity contribution in [3.63, 3.8) is 0 Å². The van der Waals surface area contributed by atoms with Gasteiger partial charge in [-0.25, -0.2) is 4.98 Å². The lowest BCUT2D eigenvalue weighted by atomic mass is 10.2. The highest BCUT2D eigenvalue weighted by Crippen LogP contribution is 2.26. The van der Waals surface area contributed by atoms with Crippen molar-refractivity contribution in [2.45, 2.75) is 6.92 Å². The number of anilines is 4. The normalized spacial score (nSPS) is 10.4. The lowest BCUT2D eigenvalue weighted by Gasteiger charge is -2.10. The fourth-order valence-corrected chi connectivity index (χ4v) is 2.32. The molecule has 1 aromatic carbocycles. The zero-order valence-electron chi connectivity index (χ0n) is 12.7. The van der Waals surface area contributed by atoms with Crippen LogP contribution < -0.4 is 16.4 Å². The van der Waals surface area contributed by atoms with E-state index in [4.69, 9.17) is 5.73 Å². The monoisotopic (exact) mass is 387 g/mol. The maximum atomic E-state index is 11.4. The van der Waals surface area contributed by atoms with Gasteiger partial charge in [0.2, 0.25) is 5.95 Å². The van der Waals surface area contributed by atoms with Crippen LogP contribution >= 0.6 is 15.9 Å². The standard InChI is InChI=1S/C15H14BrN7O/c1-8-4-2-3-5-11(8)20-15-18-7-10(16)14(22-15)21-13-9(12(17)24)6-19-23-13/h2-7H,1H3,(H2,17,24)(H3,18,19,20,21,22,23). The molecular formula is C15H14BrN7O. The Morgan fingerprint density at radius 3 is 2.79 bits per heavy atom. The number of nitrogens with two attached hydrogens (primary N) is 1. The van der Waals surface area contributed by atoms with Gasteiger partial charge in [-0.3, -0.25) is 9.89 Å². The number of aromatic nitrogens is 4. The number of H-pyrrole nitrogens is 1. The minimum Gasteiger partial charge on any atom is -0.365 e. The highest BCUT2D eigenvalue weighted by Gasteiger charge is 2.14. The van der Waals surface area contributed by atoms with E-state index in [0.717, 1.165) is 11.3 Å². The molecule has 0 unspecified atom stereocenters. The summed E-state index contributed by atoms with van der Waals surface area (Å²) < 4.78 is 0.622. The van der Waals surface area contributed by atoms with Gasteiger partial charge in [0.25, 0.3) is 5.91 Å². The predicted octanol–water partition coefficient (Wildman–Crippen LogP) is 2.86. The molecule has 0 aliphatic rings. The summed E-state index contributed by atoms with van der Waals surface area (Å²) in [5.41, 5.74) is 7.53. The summed E-state index contributed by atoms with van der Waals surface area (Å²) in [6.45, 7) is 1.99. The van der Waals surface area contributed by atoms with Crippen LogP contribution in [0.15, 0.2) is 41.1 Å². The molecule has 0 atom stereocenters. The van der Waals surface area contributed by atoms with Gasteiger partial charge in [-0.2, -0.15) is 10.1 Å². The second kappa shape index (κ2) is 6.67. The zero-order valence-corrected chi connectivity index (χ0v) is 14.3. The van der Waals surface area contributed by atoms with Crippen molar-refractivity contribution in [1.29, 1.82) is 0 Å². The molecule has 0 fully saturated rings. The number of rotatable bonds is 5.